The van der Waals surface area contributed by atoms with Crippen LogP contribution in [0.2, 0.25) is 0 Å². The van der Waals surface area contributed by atoms with Crippen molar-refractivity contribution in [1.29, 1.82) is 0 Å². The van der Waals surface area contributed by atoms with Gasteiger partial charge in [0.25, 0.3) is 0 Å². The quantitative estimate of drug-likeness (QED) is 0.517. The monoisotopic (exact) mass is 373 g/mol. The molecular formula is C22H16FN3O2. The number of rotatable bonds is 3. The Morgan fingerprint density at radius 2 is 1.68 bits per heavy atom. The van der Waals surface area contributed by atoms with Gasteiger partial charge in [0.2, 0.25) is 6.79 Å². The van der Waals surface area contributed by atoms with Crippen molar-refractivity contribution >= 4 is 5.65 Å². The standard InChI is InChI=1S/C22H16FN3O2/c23-16-6-3-14(4-7-16)19-10-17(15-5-8-20-21(9-15)28-12-27-20)24-22-11-18(13-1-2-13)25-26(19)22/h3-11,13H,1-2,12H2. The van der Waals surface area contributed by atoms with E-state index >= 15 is 0 Å². The maximum absolute atomic E-state index is 13.4. The van der Waals surface area contributed by atoms with Crippen LogP contribution in [0, 0.1) is 5.82 Å². The third-order valence-electron chi connectivity index (χ3n) is 5.25. The van der Waals surface area contributed by atoms with Gasteiger partial charge in [0.05, 0.1) is 17.1 Å². The maximum atomic E-state index is 13.4. The van der Waals surface area contributed by atoms with E-state index in [1.807, 2.05) is 28.8 Å². The molecule has 1 fully saturated rings. The molecule has 1 aliphatic heterocycles. The molecule has 0 N–H and O–H groups in total. The number of halogens is 1. The molecule has 1 saturated carbocycles. The Bertz CT molecular complexity index is 1210. The Balaban J connectivity index is 1.56. The van der Waals surface area contributed by atoms with E-state index in [0.717, 1.165) is 45.4 Å². The summed E-state index contributed by atoms with van der Waals surface area (Å²) in [6.45, 7) is 0.236. The molecule has 6 rings (SSSR count). The Hall–Kier alpha value is -3.41. The van der Waals surface area contributed by atoms with Gasteiger partial charge in [0.15, 0.2) is 17.1 Å². The number of nitrogens with zero attached hydrogens (tertiary/aromatic N) is 3. The van der Waals surface area contributed by atoms with Crippen LogP contribution in [0.5, 0.6) is 11.5 Å². The average Bonchev–Trinajstić information content (AvgIpc) is 3.30. The summed E-state index contributed by atoms with van der Waals surface area (Å²) in [7, 11) is 0. The SMILES string of the molecule is Fc1ccc(-c2cc(-c3ccc4c(c3)OCO4)nc3cc(C4CC4)nn23)cc1. The highest BCUT2D eigenvalue weighted by atomic mass is 19.1. The first kappa shape index (κ1) is 15.6. The first-order chi connectivity index (χ1) is 13.7. The zero-order valence-corrected chi connectivity index (χ0v) is 14.9. The minimum absolute atomic E-state index is 0.236. The molecule has 2 aromatic carbocycles. The van der Waals surface area contributed by atoms with Gasteiger partial charge < -0.3 is 9.47 Å². The van der Waals surface area contributed by atoms with Crippen molar-refractivity contribution in [3.63, 3.8) is 0 Å². The van der Waals surface area contributed by atoms with Crippen molar-refractivity contribution in [2.45, 2.75) is 18.8 Å². The molecule has 0 spiro atoms. The molecule has 0 amide bonds. The van der Waals surface area contributed by atoms with E-state index in [0.29, 0.717) is 5.92 Å². The van der Waals surface area contributed by atoms with Gasteiger partial charge in [0, 0.05) is 23.1 Å². The highest BCUT2D eigenvalue weighted by molar-refractivity contribution is 5.73. The largest absolute Gasteiger partial charge is 0.454 e. The summed E-state index contributed by atoms with van der Waals surface area (Å²) in [5.41, 5.74) is 5.37. The topological polar surface area (TPSA) is 48.7 Å². The van der Waals surface area contributed by atoms with Crippen LogP contribution < -0.4 is 9.47 Å². The molecule has 0 bridgehead atoms. The summed E-state index contributed by atoms with van der Waals surface area (Å²) < 4.78 is 26.2. The average molecular weight is 373 g/mol. The van der Waals surface area contributed by atoms with E-state index in [2.05, 4.69) is 6.07 Å². The first-order valence-corrected chi connectivity index (χ1v) is 9.31. The Morgan fingerprint density at radius 1 is 0.893 bits per heavy atom. The second kappa shape index (κ2) is 5.79. The Morgan fingerprint density at radius 3 is 2.50 bits per heavy atom. The number of benzene rings is 2. The summed E-state index contributed by atoms with van der Waals surface area (Å²) in [5.74, 6) is 1.72. The molecule has 6 heteroatoms. The molecule has 2 aromatic heterocycles. The molecule has 1 aliphatic carbocycles. The van der Waals surface area contributed by atoms with Crippen LogP contribution in [-0.2, 0) is 0 Å². The van der Waals surface area contributed by atoms with Crippen LogP contribution in [-0.4, -0.2) is 21.4 Å². The van der Waals surface area contributed by atoms with Crippen molar-refractivity contribution < 1.29 is 13.9 Å². The van der Waals surface area contributed by atoms with E-state index in [1.165, 1.54) is 25.0 Å². The number of fused-ring (bicyclic) bond motifs is 2. The van der Waals surface area contributed by atoms with Crippen LogP contribution in [0.15, 0.2) is 54.6 Å². The fourth-order valence-electron chi connectivity index (χ4n) is 3.60. The van der Waals surface area contributed by atoms with E-state index in [-0.39, 0.29) is 12.6 Å². The van der Waals surface area contributed by atoms with E-state index in [9.17, 15) is 4.39 Å². The highest BCUT2D eigenvalue weighted by Crippen LogP contribution is 2.40. The van der Waals surface area contributed by atoms with Gasteiger partial charge in [-0.1, -0.05) is 0 Å². The normalized spacial score (nSPS) is 15.3. The molecular weight excluding hydrogens is 357 g/mol. The number of hydrogen-bond donors (Lipinski definition) is 0. The molecule has 0 saturated heterocycles. The predicted molar refractivity (Wildman–Crippen MR) is 102 cm³/mol. The highest BCUT2D eigenvalue weighted by Gasteiger charge is 2.27. The van der Waals surface area contributed by atoms with Crippen molar-refractivity contribution in [3.05, 3.63) is 66.1 Å². The van der Waals surface area contributed by atoms with Gasteiger partial charge in [-0.05, 0) is 61.4 Å². The molecule has 4 aromatic rings. The van der Waals surface area contributed by atoms with E-state index < -0.39 is 0 Å². The van der Waals surface area contributed by atoms with Crippen molar-refractivity contribution in [2.24, 2.45) is 0 Å². The number of ether oxygens (including phenoxy) is 2. The molecule has 0 atom stereocenters. The Labute approximate surface area is 160 Å². The van der Waals surface area contributed by atoms with Crippen LogP contribution in [0.1, 0.15) is 24.5 Å². The van der Waals surface area contributed by atoms with Crippen LogP contribution in [0.25, 0.3) is 28.2 Å². The van der Waals surface area contributed by atoms with Gasteiger partial charge in [-0.15, -0.1) is 0 Å². The van der Waals surface area contributed by atoms with E-state index in [1.54, 1.807) is 12.1 Å². The van der Waals surface area contributed by atoms with E-state index in [4.69, 9.17) is 19.6 Å². The summed E-state index contributed by atoms with van der Waals surface area (Å²) >= 11 is 0. The van der Waals surface area contributed by atoms with Crippen molar-refractivity contribution in [3.8, 4) is 34.0 Å². The lowest BCUT2D eigenvalue weighted by Crippen LogP contribution is -1.99. The van der Waals surface area contributed by atoms with Gasteiger partial charge in [0.1, 0.15) is 5.82 Å². The van der Waals surface area contributed by atoms with Gasteiger partial charge >= 0.3 is 0 Å². The lowest BCUT2D eigenvalue weighted by molar-refractivity contribution is 0.174. The summed E-state index contributed by atoms with van der Waals surface area (Å²) in [5, 5.41) is 4.78. The molecule has 5 nitrogen and oxygen atoms in total. The first-order valence-electron chi connectivity index (χ1n) is 9.31. The third-order valence-corrected chi connectivity index (χ3v) is 5.25. The fraction of sp³-hybridized carbons (Fsp3) is 0.182. The van der Waals surface area contributed by atoms with Crippen LogP contribution >= 0.6 is 0 Å². The maximum Gasteiger partial charge on any atom is 0.231 e. The second-order valence-electron chi connectivity index (χ2n) is 7.22. The van der Waals surface area contributed by atoms with Gasteiger partial charge in [-0.2, -0.15) is 5.10 Å². The summed E-state index contributed by atoms with van der Waals surface area (Å²) in [4.78, 5) is 4.84. The minimum atomic E-state index is -0.260. The van der Waals surface area contributed by atoms with Crippen LogP contribution in [0.4, 0.5) is 4.39 Å². The Kier molecular flexibility index (Phi) is 3.23. The fourth-order valence-corrected chi connectivity index (χ4v) is 3.60. The predicted octanol–water partition coefficient (Wildman–Crippen LogP) is 4.81. The van der Waals surface area contributed by atoms with Gasteiger partial charge in [-0.25, -0.2) is 13.9 Å². The van der Waals surface area contributed by atoms with Crippen molar-refractivity contribution in [1.82, 2.24) is 14.6 Å². The smallest absolute Gasteiger partial charge is 0.231 e. The zero-order chi connectivity index (χ0) is 18.7. The zero-order valence-electron chi connectivity index (χ0n) is 14.9. The molecule has 2 aliphatic rings. The van der Waals surface area contributed by atoms with Crippen molar-refractivity contribution in [2.75, 3.05) is 6.79 Å². The molecule has 28 heavy (non-hydrogen) atoms. The minimum Gasteiger partial charge on any atom is -0.454 e. The van der Waals surface area contributed by atoms with Crippen LogP contribution in [0.3, 0.4) is 0 Å². The molecule has 0 unspecified atom stereocenters. The summed E-state index contributed by atoms with van der Waals surface area (Å²) in [6.07, 6.45) is 2.34. The summed E-state index contributed by atoms with van der Waals surface area (Å²) in [6, 6.07) is 16.3. The number of hydrogen-bond acceptors (Lipinski definition) is 4. The second-order valence-corrected chi connectivity index (χ2v) is 7.22. The van der Waals surface area contributed by atoms with Gasteiger partial charge in [-0.3, -0.25) is 0 Å². The third kappa shape index (κ3) is 2.52. The lowest BCUT2D eigenvalue weighted by Gasteiger charge is -2.09. The lowest BCUT2D eigenvalue weighted by atomic mass is 10.1. The molecule has 0 radical (unpaired) electrons. The number of aromatic nitrogens is 3. The molecule has 3 heterocycles. The molecule has 138 valence electrons.